The van der Waals surface area contributed by atoms with E-state index in [-0.39, 0.29) is 10.6 Å². The monoisotopic (exact) mass is 296 g/mol. The summed E-state index contributed by atoms with van der Waals surface area (Å²) in [5.41, 5.74) is 5.39. The van der Waals surface area contributed by atoms with Crippen LogP contribution in [0.4, 0.5) is 14.5 Å². The number of nitrogens with one attached hydrogen (secondary N) is 1. The summed E-state index contributed by atoms with van der Waals surface area (Å²) in [6.45, 7) is -2.66. The summed E-state index contributed by atoms with van der Waals surface area (Å²) in [4.78, 5) is -0.331. The molecule has 19 heavy (non-hydrogen) atoms. The van der Waals surface area contributed by atoms with E-state index in [2.05, 4.69) is 0 Å². The number of halogens is 2. The molecule has 4 N–H and O–H groups in total. The van der Waals surface area contributed by atoms with Gasteiger partial charge in [0, 0.05) is 6.07 Å². The third-order valence-corrected chi connectivity index (χ3v) is 3.73. The summed E-state index contributed by atoms with van der Waals surface area (Å²) in [6.07, 6.45) is 0. The summed E-state index contributed by atoms with van der Waals surface area (Å²) < 4.78 is 55.6. The van der Waals surface area contributed by atoms with Crippen molar-refractivity contribution in [2.75, 3.05) is 26.0 Å². The van der Waals surface area contributed by atoms with E-state index in [4.69, 9.17) is 15.6 Å². The molecule has 1 rings (SSSR count). The highest BCUT2D eigenvalue weighted by atomic mass is 32.2. The number of alkyl halides is 2. The van der Waals surface area contributed by atoms with Crippen LogP contribution in [-0.4, -0.2) is 39.7 Å². The van der Waals surface area contributed by atoms with Crippen LogP contribution in [0, 0.1) is 0 Å². The molecule has 0 unspecified atom stereocenters. The van der Waals surface area contributed by atoms with Crippen LogP contribution >= 0.6 is 0 Å². The van der Waals surface area contributed by atoms with Crippen molar-refractivity contribution in [2.24, 2.45) is 0 Å². The first-order valence-corrected chi connectivity index (χ1v) is 6.62. The Balaban J connectivity index is 2.95. The Morgan fingerprint density at radius 3 is 2.58 bits per heavy atom. The van der Waals surface area contributed by atoms with Crippen LogP contribution in [0.25, 0.3) is 0 Å². The highest BCUT2D eigenvalue weighted by molar-refractivity contribution is 7.89. The Hall–Kier alpha value is -1.45. The summed E-state index contributed by atoms with van der Waals surface area (Å²) in [6, 6.07) is 3.75. The Labute approximate surface area is 109 Å². The minimum atomic E-state index is -4.18. The standard InChI is InChI=1S/C10H14F2N2O4S/c1-18-7-2-3-9(8(13)4-7)19(16,17)14-5-10(11,12)6-15/h2-4,14-15H,5-6,13H2,1H3. The van der Waals surface area contributed by atoms with Gasteiger partial charge in [-0.1, -0.05) is 0 Å². The maximum absolute atomic E-state index is 12.8. The lowest BCUT2D eigenvalue weighted by Gasteiger charge is -2.15. The number of rotatable bonds is 6. The van der Waals surface area contributed by atoms with Crippen LogP contribution in [0.3, 0.4) is 0 Å². The fraction of sp³-hybridized carbons (Fsp3) is 0.400. The van der Waals surface area contributed by atoms with Crippen molar-refractivity contribution in [2.45, 2.75) is 10.8 Å². The second-order valence-corrected chi connectivity index (χ2v) is 5.48. The third-order valence-electron chi connectivity index (χ3n) is 2.26. The molecule has 0 aliphatic heterocycles. The molecule has 1 aromatic carbocycles. The normalized spacial score (nSPS) is 12.4. The molecule has 6 nitrogen and oxygen atoms in total. The number of nitrogen functional groups attached to an aromatic ring is 1. The van der Waals surface area contributed by atoms with Crippen molar-refractivity contribution >= 4 is 15.7 Å². The molecule has 0 fully saturated rings. The van der Waals surface area contributed by atoms with Gasteiger partial charge in [0.15, 0.2) is 0 Å². The molecule has 1 aromatic rings. The number of nitrogens with two attached hydrogens (primary N) is 1. The summed E-state index contributed by atoms with van der Waals surface area (Å²) >= 11 is 0. The molecule has 0 saturated carbocycles. The van der Waals surface area contributed by atoms with Crippen LogP contribution in [-0.2, 0) is 10.0 Å². The van der Waals surface area contributed by atoms with E-state index in [0.29, 0.717) is 5.75 Å². The van der Waals surface area contributed by atoms with Crippen molar-refractivity contribution in [3.63, 3.8) is 0 Å². The molecule has 0 saturated heterocycles. The van der Waals surface area contributed by atoms with Crippen LogP contribution in [0.15, 0.2) is 23.1 Å². The number of hydrogen-bond donors (Lipinski definition) is 3. The molecule has 0 atom stereocenters. The van der Waals surface area contributed by atoms with E-state index >= 15 is 0 Å². The molecule has 0 heterocycles. The lowest BCUT2D eigenvalue weighted by Crippen LogP contribution is -2.39. The Kier molecular flexibility index (Phi) is 4.66. The Bertz CT molecular complexity index is 548. The molecule has 108 valence electrons. The lowest BCUT2D eigenvalue weighted by atomic mass is 10.3. The van der Waals surface area contributed by atoms with Crippen molar-refractivity contribution in [3.8, 4) is 5.75 Å². The summed E-state index contributed by atoms with van der Waals surface area (Å²) in [7, 11) is -2.80. The van der Waals surface area contributed by atoms with Gasteiger partial charge in [0.05, 0.1) is 19.3 Å². The van der Waals surface area contributed by atoms with Crippen molar-refractivity contribution < 1.29 is 27.0 Å². The molecule has 0 radical (unpaired) electrons. The number of methoxy groups -OCH3 is 1. The van der Waals surface area contributed by atoms with Gasteiger partial charge in [0.25, 0.3) is 5.92 Å². The first-order chi connectivity index (χ1) is 8.72. The second kappa shape index (κ2) is 5.68. The zero-order valence-electron chi connectivity index (χ0n) is 10.1. The highest BCUT2D eigenvalue weighted by Gasteiger charge is 2.30. The molecular weight excluding hydrogens is 282 g/mol. The van der Waals surface area contributed by atoms with E-state index in [1.54, 1.807) is 4.72 Å². The van der Waals surface area contributed by atoms with Gasteiger partial charge in [-0.15, -0.1) is 0 Å². The van der Waals surface area contributed by atoms with Crippen LogP contribution in [0.2, 0.25) is 0 Å². The predicted octanol–water partition coefficient (Wildman–Crippen LogP) is 0.183. The number of sulfonamides is 1. The fourth-order valence-electron chi connectivity index (χ4n) is 1.23. The molecule has 9 heteroatoms. The fourth-order valence-corrected chi connectivity index (χ4v) is 2.41. The molecule has 0 aromatic heterocycles. The molecule has 0 bridgehead atoms. The number of aliphatic hydroxyl groups is 1. The van der Waals surface area contributed by atoms with Crippen molar-refractivity contribution in [3.05, 3.63) is 18.2 Å². The van der Waals surface area contributed by atoms with Crippen LogP contribution in [0.1, 0.15) is 0 Å². The largest absolute Gasteiger partial charge is 0.497 e. The average Bonchev–Trinajstić information content (AvgIpc) is 2.36. The van der Waals surface area contributed by atoms with Gasteiger partial charge in [-0.25, -0.2) is 21.9 Å². The summed E-state index contributed by atoms with van der Waals surface area (Å²) in [5, 5.41) is 8.36. The number of ether oxygens (including phenoxy) is 1. The van der Waals surface area contributed by atoms with E-state index < -0.39 is 29.1 Å². The third kappa shape index (κ3) is 4.01. The maximum Gasteiger partial charge on any atom is 0.283 e. The summed E-state index contributed by atoms with van der Waals surface area (Å²) in [5.74, 6) is -3.19. The zero-order valence-corrected chi connectivity index (χ0v) is 10.9. The quantitative estimate of drug-likeness (QED) is 0.650. The minimum Gasteiger partial charge on any atom is -0.497 e. The first-order valence-electron chi connectivity index (χ1n) is 5.14. The van der Waals surface area contributed by atoms with Gasteiger partial charge in [-0.2, -0.15) is 0 Å². The van der Waals surface area contributed by atoms with Gasteiger partial charge < -0.3 is 15.6 Å². The van der Waals surface area contributed by atoms with Gasteiger partial charge >= 0.3 is 0 Å². The number of benzene rings is 1. The van der Waals surface area contributed by atoms with Crippen molar-refractivity contribution in [1.29, 1.82) is 0 Å². The van der Waals surface area contributed by atoms with Gasteiger partial charge in [0.1, 0.15) is 17.3 Å². The topological polar surface area (TPSA) is 102 Å². The van der Waals surface area contributed by atoms with Crippen molar-refractivity contribution in [1.82, 2.24) is 4.72 Å². The van der Waals surface area contributed by atoms with E-state index in [1.165, 1.54) is 19.2 Å². The average molecular weight is 296 g/mol. The van der Waals surface area contributed by atoms with E-state index in [0.717, 1.165) is 6.07 Å². The van der Waals surface area contributed by atoms with Gasteiger partial charge in [-0.05, 0) is 12.1 Å². The molecule has 0 amide bonds. The second-order valence-electron chi connectivity index (χ2n) is 3.74. The van der Waals surface area contributed by atoms with E-state index in [9.17, 15) is 17.2 Å². The molecule has 0 aliphatic carbocycles. The number of aliphatic hydroxyl groups excluding tert-OH is 1. The first kappa shape index (κ1) is 15.6. The zero-order chi connectivity index (χ0) is 14.7. The molecule has 0 spiro atoms. The molecule has 0 aliphatic rings. The predicted molar refractivity (Wildman–Crippen MR) is 64.6 cm³/mol. The Morgan fingerprint density at radius 1 is 1.47 bits per heavy atom. The van der Waals surface area contributed by atoms with Crippen LogP contribution in [0.5, 0.6) is 5.75 Å². The maximum atomic E-state index is 12.8. The van der Waals surface area contributed by atoms with Gasteiger partial charge in [0.2, 0.25) is 10.0 Å². The minimum absolute atomic E-state index is 0.126. The SMILES string of the molecule is COc1ccc(S(=O)(=O)NCC(F)(F)CO)c(N)c1. The van der Waals surface area contributed by atoms with Crippen LogP contribution < -0.4 is 15.2 Å². The van der Waals surface area contributed by atoms with E-state index in [1.807, 2.05) is 0 Å². The number of anilines is 1. The van der Waals surface area contributed by atoms with Gasteiger partial charge in [-0.3, -0.25) is 0 Å². The highest BCUT2D eigenvalue weighted by Crippen LogP contribution is 2.24. The number of hydrogen-bond acceptors (Lipinski definition) is 5. The Morgan fingerprint density at radius 2 is 2.11 bits per heavy atom. The lowest BCUT2D eigenvalue weighted by molar-refractivity contribution is -0.0437. The smallest absolute Gasteiger partial charge is 0.283 e. The molecular formula is C10H14F2N2O4S.